The van der Waals surface area contributed by atoms with Crippen molar-refractivity contribution in [3.05, 3.63) is 17.5 Å². The third-order valence-electron chi connectivity index (χ3n) is 4.02. The molecule has 4 nitrogen and oxygen atoms in total. The zero-order valence-corrected chi connectivity index (χ0v) is 12.5. The summed E-state index contributed by atoms with van der Waals surface area (Å²) in [6, 6.07) is 4.61. The molecule has 1 aliphatic heterocycles. The number of nitriles is 1. The Bertz CT molecular complexity index is 467. The van der Waals surface area contributed by atoms with Gasteiger partial charge in [-0.25, -0.2) is 0 Å². The first kappa shape index (κ1) is 14.1. The number of hydrogen-bond acceptors (Lipinski definition) is 3. The molecule has 2 heterocycles. The van der Waals surface area contributed by atoms with E-state index in [1.54, 1.807) is 0 Å². The third-order valence-corrected chi connectivity index (χ3v) is 4.02. The first-order valence-electron chi connectivity index (χ1n) is 7.01. The standard InChI is InChI=1S/C15H24N4/c1-14(2,3)13-9-12(17-18-13)10-19-7-5-15(4,11-16)6-8-19/h9H,5-8,10H2,1-4H3,(H,17,18). The highest BCUT2D eigenvalue weighted by Crippen LogP contribution is 2.30. The molecular formula is C15H24N4. The van der Waals surface area contributed by atoms with Crippen molar-refractivity contribution in [2.24, 2.45) is 5.41 Å². The van der Waals surface area contributed by atoms with Crippen LogP contribution in [-0.4, -0.2) is 28.2 Å². The van der Waals surface area contributed by atoms with Crippen LogP contribution in [0.2, 0.25) is 0 Å². The summed E-state index contributed by atoms with van der Waals surface area (Å²) in [6.45, 7) is 11.5. The van der Waals surface area contributed by atoms with Crippen LogP contribution < -0.4 is 0 Å². The number of aromatic amines is 1. The normalized spacial score (nSPS) is 20.2. The molecule has 0 aliphatic carbocycles. The first-order valence-corrected chi connectivity index (χ1v) is 7.01. The van der Waals surface area contributed by atoms with Gasteiger partial charge in [-0.3, -0.25) is 10.00 Å². The van der Waals surface area contributed by atoms with Crippen LogP contribution in [0.15, 0.2) is 6.07 Å². The van der Waals surface area contributed by atoms with Crippen LogP contribution in [0.4, 0.5) is 0 Å². The number of hydrogen-bond donors (Lipinski definition) is 1. The molecule has 1 N–H and O–H groups in total. The minimum atomic E-state index is -0.124. The number of rotatable bonds is 2. The van der Waals surface area contributed by atoms with Crippen LogP contribution in [0.1, 0.15) is 51.9 Å². The Hall–Kier alpha value is -1.34. The van der Waals surface area contributed by atoms with Crippen molar-refractivity contribution in [1.82, 2.24) is 15.1 Å². The predicted octanol–water partition coefficient (Wildman–Crippen LogP) is 2.83. The molecule has 0 unspecified atom stereocenters. The SMILES string of the molecule is CC1(C#N)CCN(Cc2cc(C(C)(C)C)n[nH]2)CC1. The van der Waals surface area contributed by atoms with Crippen molar-refractivity contribution in [2.45, 2.75) is 52.5 Å². The summed E-state index contributed by atoms with van der Waals surface area (Å²) >= 11 is 0. The van der Waals surface area contributed by atoms with Gasteiger partial charge in [0.05, 0.1) is 17.2 Å². The Kier molecular flexibility index (Phi) is 3.69. The summed E-state index contributed by atoms with van der Waals surface area (Å²) in [6.07, 6.45) is 1.92. The fourth-order valence-electron chi connectivity index (χ4n) is 2.38. The monoisotopic (exact) mass is 260 g/mol. The van der Waals surface area contributed by atoms with E-state index in [2.05, 4.69) is 54.9 Å². The van der Waals surface area contributed by atoms with Gasteiger partial charge in [-0.05, 0) is 25.8 Å². The van der Waals surface area contributed by atoms with Crippen molar-refractivity contribution in [3.8, 4) is 6.07 Å². The molecule has 1 aliphatic rings. The van der Waals surface area contributed by atoms with Gasteiger partial charge in [0.15, 0.2) is 0 Å². The highest BCUT2D eigenvalue weighted by Gasteiger charge is 2.30. The van der Waals surface area contributed by atoms with Crippen LogP contribution in [0.5, 0.6) is 0 Å². The van der Waals surface area contributed by atoms with E-state index >= 15 is 0 Å². The summed E-state index contributed by atoms with van der Waals surface area (Å²) < 4.78 is 0. The zero-order chi connectivity index (χ0) is 14.1. The number of nitrogens with zero attached hydrogens (tertiary/aromatic N) is 3. The van der Waals surface area contributed by atoms with Gasteiger partial charge in [-0.15, -0.1) is 0 Å². The van der Waals surface area contributed by atoms with Crippen molar-refractivity contribution >= 4 is 0 Å². The second kappa shape index (κ2) is 4.97. The predicted molar refractivity (Wildman–Crippen MR) is 75.5 cm³/mol. The lowest BCUT2D eigenvalue weighted by molar-refractivity contribution is 0.149. The topological polar surface area (TPSA) is 55.7 Å². The van der Waals surface area contributed by atoms with E-state index < -0.39 is 0 Å². The van der Waals surface area contributed by atoms with Gasteiger partial charge in [-0.1, -0.05) is 20.8 Å². The van der Waals surface area contributed by atoms with E-state index in [9.17, 15) is 0 Å². The van der Waals surface area contributed by atoms with E-state index in [0.29, 0.717) is 0 Å². The van der Waals surface area contributed by atoms with Gasteiger partial charge >= 0.3 is 0 Å². The van der Waals surface area contributed by atoms with E-state index in [1.165, 1.54) is 5.69 Å². The summed E-state index contributed by atoms with van der Waals surface area (Å²) in [5, 5.41) is 16.7. The van der Waals surface area contributed by atoms with E-state index in [1.807, 2.05) is 0 Å². The molecule has 0 aromatic carbocycles. The minimum absolute atomic E-state index is 0.0933. The maximum Gasteiger partial charge on any atom is 0.0687 e. The minimum Gasteiger partial charge on any atom is -0.297 e. The van der Waals surface area contributed by atoms with E-state index in [0.717, 1.165) is 38.2 Å². The Morgan fingerprint density at radius 1 is 1.42 bits per heavy atom. The van der Waals surface area contributed by atoms with Crippen LogP contribution >= 0.6 is 0 Å². The second-order valence-electron chi connectivity index (χ2n) is 6.98. The number of likely N-dealkylation sites (tertiary alicyclic amines) is 1. The van der Waals surface area contributed by atoms with E-state index in [-0.39, 0.29) is 10.8 Å². The molecule has 104 valence electrons. The second-order valence-corrected chi connectivity index (χ2v) is 6.98. The molecule has 1 saturated heterocycles. The van der Waals surface area contributed by atoms with Crippen LogP contribution in [0.3, 0.4) is 0 Å². The number of nitrogens with one attached hydrogen (secondary N) is 1. The van der Waals surface area contributed by atoms with Crippen molar-refractivity contribution in [3.63, 3.8) is 0 Å². The first-order chi connectivity index (χ1) is 8.82. The van der Waals surface area contributed by atoms with Gasteiger partial charge in [0.2, 0.25) is 0 Å². The highest BCUT2D eigenvalue weighted by atomic mass is 15.2. The molecule has 0 saturated carbocycles. The lowest BCUT2D eigenvalue weighted by Gasteiger charge is -2.34. The smallest absolute Gasteiger partial charge is 0.0687 e. The number of H-pyrrole nitrogens is 1. The summed E-state index contributed by atoms with van der Waals surface area (Å²) in [4.78, 5) is 2.40. The Balaban J connectivity index is 1.93. The molecule has 0 spiro atoms. The molecule has 1 aromatic heterocycles. The number of aromatic nitrogens is 2. The molecule has 0 atom stereocenters. The molecule has 4 heteroatoms. The fourth-order valence-corrected chi connectivity index (χ4v) is 2.38. The van der Waals surface area contributed by atoms with Gasteiger partial charge < -0.3 is 0 Å². The third kappa shape index (κ3) is 3.36. The quantitative estimate of drug-likeness (QED) is 0.889. The largest absolute Gasteiger partial charge is 0.297 e. The van der Waals surface area contributed by atoms with Gasteiger partial charge in [-0.2, -0.15) is 10.4 Å². The van der Waals surface area contributed by atoms with Crippen LogP contribution in [0.25, 0.3) is 0 Å². The highest BCUT2D eigenvalue weighted by molar-refractivity contribution is 5.16. The van der Waals surface area contributed by atoms with Crippen LogP contribution in [0, 0.1) is 16.7 Å². The average Bonchev–Trinajstić information content (AvgIpc) is 2.81. The fraction of sp³-hybridized carbons (Fsp3) is 0.733. The summed E-state index contributed by atoms with van der Waals surface area (Å²) in [7, 11) is 0. The molecule has 0 radical (unpaired) electrons. The van der Waals surface area contributed by atoms with E-state index in [4.69, 9.17) is 5.26 Å². The maximum absolute atomic E-state index is 9.13. The molecule has 1 fully saturated rings. The summed E-state index contributed by atoms with van der Waals surface area (Å²) in [5.41, 5.74) is 2.25. The Morgan fingerprint density at radius 3 is 2.53 bits per heavy atom. The average molecular weight is 260 g/mol. The molecular weight excluding hydrogens is 236 g/mol. The maximum atomic E-state index is 9.13. The Morgan fingerprint density at radius 2 is 2.05 bits per heavy atom. The lowest BCUT2D eigenvalue weighted by Crippen LogP contribution is -2.37. The summed E-state index contributed by atoms with van der Waals surface area (Å²) in [5.74, 6) is 0. The van der Waals surface area contributed by atoms with Gasteiger partial charge in [0.25, 0.3) is 0 Å². The lowest BCUT2D eigenvalue weighted by atomic mass is 9.82. The van der Waals surface area contributed by atoms with Gasteiger partial charge in [0, 0.05) is 30.7 Å². The van der Waals surface area contributed by atoms with Crippen molar-refractivity contribution in [2.75, 3.05) is 13.1 Å². The molecule has 19 heavy (non-hydrogen) atoms. The molecule has 1 aromatic rings. The molecule has 0 bridgehead atoms. The van der Waals surface area contributed by atoms with Crippen LogP contribution in [-0.2, 0) is 12.0 Å². The zero-order valence-electron chi connectivity index (χ0n) is 12.5. The van der Waals surface area contributed by atoms with Crippen molar-refractivity contribution in [1.29, 1.82) is 5.26 Å². The molecule has 0 amide bonds. The van der Waals surface area contributed by atoms with Gasteiger partial charge in [0.1, 0.15) is 0 Å². The Labute approximate surface area is 115 Å². The molecule has 2 rings (SSSR count). The van der Waals surface area contributed by atoms with Crippen molar-refractivity contribution < 1.29 is 0 Å². The number of piperidine rings is 1.